The smallest absolute Gasteiger partial charge is 0.416 e. The van der Waals surface area contributed by atoms with Crippen molar-refractivity contribution >= 4 is 21.6 Å². The van der Waals surface area contributed by atoms with Crippen molar-refractivity contribution in [1.82, 2.24) is 9.21 Å². The Hall–Kier alpha value is -2.63. The van der Waals surface area contributed by atoms with E-state index >= 15 is 0 Å². The molecule has 11 heteroatoms. The van der Waals surface area contributed by atoms with E-state index in [1.54, 1.807) is 13.2 Å². The summed E-state index contributed by atoms with van der Waals surface area (Å²) in [6.45, 7) is 1.92. The van der Waals surface area contributed by atoms with Crippen molar-refractivity contribution in [2.75, 3.05) is 39.8 Å². The number of halogens is 4. The van der Waals surface area contributed by atoms with Crippen LogP contribution in [0.4, 0.5) is 13.2 Å². The average molecular weight is 569 g/mol. The van der Waals surface area contributed by atoms with Crippen molar-refractivity contribution in [3.05, 3.63) is 94.5 Å². The summed E-state index contributed by atoms with van der Waals surface area (Å²) in [5, 5.41) is 0.613. The summed E-state index contributed by atoms with van der Waals surface area (Å²) >= 11 is 6.11. The summed E-state index contributed by atoms with van der Waals surface area (Å²) in [5.74, 6) is 0.691. The number of alkyl halides is 3. The number of hydrogen-bond acceptors (Lipinski definition) is 5. The van der Waals surface area contributed by atoms with Crippen molar-refractivity contribution in [1.29, 1.82) is 0 Å². The van der Waals surface area contributed by atoms with E-state index < -0.39 is 21.8 Å². The lowest BCUT2D eigenvalue weighted by atomic mass is 10.1. The minimum Gasteiger partial charge on any atom is -0.497 e. The molecular weight excluding hydrogens is 541 g/mol. The predicted molar refractivity (Wildman–Crippen MR) is 139 cm³/mol. The van der Waals surface area contributed by atoms with Crippen molar-refractivity contribution in [3.63, 3.8) is 0 Å². The lowest BCUT2D eigenvalue weighted by Crippen LogP contribution is -2.49. The van der Waals surface area contributed by atoms with Gasteiger partial charge in [-0.2, -0.15) is 17.5 Å². The van der Waals surface area contributed by atoms with E-state index in [1.165, 1.54) is 10.4 Å². The molecule has 0 saturated carbocycles. The average Bonchev–Trinajstić information content (AvgIpc) is 2.91. The van der Waals surface area contributed by atoms with Crippen LogP contribution >= 0.6 is 11.6 Å². The third kappa shape index (κ3) is 7.06. The number of piperazine rings is 1. The molecule has 6 nitrogen and oxygen atoms in total. The number of hydrogen-bond donors (Lipinski definition) is 0. The highest BCUT2D eigenvalue weighted by atomic mass is 35.5. The lowest BCUT2D eigenvalue weighted by Gasteiger charge is -2.36. The van der Waals surface area contributed by atoms with Crippen molar-refractivity contribution in [3.8, 4) is 5.75 Å². The van der Waals surface area contributed by atoms with Gasteiger partial charge in [0.2, 0.25) is 10.0 Å². The van der Waals surface area contributed by atoms with Crippen molar-refractivity contribution < 1.29 is 31.1 Å². The second kappa shape index (κ2) is 12.0. The Labute approximate surface area is 225 Å². The maximum absolute atomic E-state index is 13.1. The molecule has 4 rings (SSSR count). The quantitative estimate of drug-likeness (QED) is 0.335. The molecule has 0 bridgehead atoms. The van der Waals surface area contributed by atoms with Crippen molar-refractivity contribution in [2.45, 2.75) is 23.8 Å². The van der Waals surface area contributed by atoms with E-state index in [9.17, 15) is 21.6 Å². The van der Waals surface area contributed by atoms with Crippen LogP contribution in [0, 0.1) is 0 Å². The molecule has 0 spiro atoms. The molecule has 1 heterocycles. The summed E-state index contributed by atoms with van der Waals surface area (Å²) in [6, 6.07) is 18.8. The van der Waals surface area contributed by atoms with Gasteiger partial charge in [-0.1, -0.05) is 41.9 Å². The molecule has 1 aliphatic rings. The van der Waals surface area contributed by atoms with Gasteiger partial charge in [0.05, 0.1) is 30.3 Å². The van der Waals surface area contributed by atoms with E-state index in [-0.39, 0.29) is 24.1 Å². The minimum atomic E-state index is -4.62. The largest absolute Gasteiger partial charge is 0.497 e. The van der Waals surface area contributed by atoms with Crippen LogP contribution in [-0.2, 0) is 27.5 Å². The Morgan fingerprint density at radius 1 is 0.947 bits per heavy atom. The first kappa shape index (κ1) is 28.4. The van der Waals surface area contributed by atoms with Gasteiger partial charge in [0.25, 0.3) is 0 Å². The first-order valence-corrected chi connectivity index (χ1v) is 13.8. The molecule has 0 unspecified atom stereocenters. The fraction of sp³-hybridized carbons (Fsp3) is 0.333. The number of methoxy groups -OCH3 is 1. The van der Waals surface area contributed by atoms with Gasteiger partial charge >= 0.3 is 6.18 Å². The van der Waals surface area contributed by atoms with Crippen LogP contribution in [0.25, 0.3) is 0 Å². The molecule has 204 valence electrons. The number of sulfonamides is 1. The van der Waals surface area contributed by atoms with Crippen LogP contribution < -0.4 is 4.74 Å². The highest BCUT2D eigenvalue weighted by molar-refractivity contribution is 7.89. The van der Waals surface area contributed by atoms with Crippen LogP contribution in [0.3, 0.4) is 0 Å². The summed E-state index contributed by atoms with van der Waals surface area (Å²) in [7, 11) is -2.47. The van der Waals surface area contributed by atoms with Gasteiger partial charge in [0, 0.05) is 37.7 Å². The summed E-state index contributed by atoms with van der Waals surface area (Å²) in [5.41, 5.74) is 0.836. The molecule has 1 saturated heterocycles. The summed E-state index contributed by atoms with van der Waals surface area (Å²) in [6.07, 6.45) is -4.96. The summed E-state index contributed by atoms with van der Waals surface area (Å²) < 4.78 is 78.3. The van der Waals surface area contributed by atoms with Crippen LogP contribution in [0.5, 0.6) is 5.75 Å². The second-order valence-corrected chi connectivity index (χ2v) is 11.3. The Balaban J connectivity index is 1.45. The van der Waals surface area contributed by atoms with Crippen LogP contribution in [-0.4, -0.2) is 57.5 Å². The normalized spacial score (nSPS) is 16.3. The highest BCUT2D eigenvalue weighted by Crippen LogP contribution is 2.31. The lowest BCUT2D eigenvalue weighted by molar-refractivity contribution is -0.137. The molecule has 0 N–H and O–H groups in total. The fourth-order valence-corrected chi connectivity index (χ4v) is 5.97. The number of nitrogens with zero attached hydrogens (tertiary/aromatic N) is 2. The standard InChI is InChI=1S/C27H28ClF3N2O4S/c1-36-24-9-3-6-21(16-24)26(37-19-20-5-2-8-23(28)15-20)18-32-11-13-33(14-12-32)38(34,35)25-10-4-7-22(17-25)27(29,30)31/h2-10,15-17,26H,11-14,18-19H2,1H3/t26-/m1/s1. The van der Waals surface area contributed by atoms with Crippen LogP contribution in [0.15, 0.2) is 77.7 Å². The van der Waals surface area contributed by atoms with E-state index in [0.29, 0.717) is 43.1 Å². The second-order valence-electron chi connectivity index (χ2n) is 8.94. The number of benzene rings is 3. The molecule has 1 aliphatic heterocycles. The van der Waals surface area contributed by atoms with Gasteiger partial charge in [-0.15, -0.1) is 0 Å². The molecule has 0 amide bonds. The van der Waals surface area contributed by atoms with Gasteiger partial charge in [-0.3, -0.25) is 4.90 Å². The zero-order valence-corrected chi connectivity index (χ0v) is 22.3. The van der Waals surface area contributed by atoms with Crippen LogP contribution in [0.1, 0.15) is 22.8 Å². The van der Waals surface area contributed by atoms with Gasteiger partial charge in [0.15, 0.2) is 0 Å². The molecule has 3 aromatic carbocycles. The molecule has 3 aromatic rings. The predicted octanol–water partition coefficient (Wildman–Crippen LogP) is 5.63. The van der Waals surface area contributed by atoms with Crippen LogP contribution in [0.2, 0.25) is 5.02 Å². The molecule has 38 heavy (non-hydrogen) atoms. The number of ether oxygens (including phenoxy) is 2. The Bertz CT molecular complexity index is 1350. The maximum atomic E-state index is 13.1. The monoisotopic (exact) mass is 568 g/mol. The van der Waals surface area contributed by atoms with E-state index in [1.807, 2.05) is 42.5 Å². The third-order valence-corrected chi connectivity index (χ3v) is 8.49. The third-order valence-electron chi connectivity index (χ3n) is 6.36. The Morgan fingerprint density at radius 2 is 1.66 bits per heavy atom. The first-order valence-electron chi connectivity index (χ1n) is 12.0. The molecule has 0 aliphatic carbocycles. The van der Waals surface area contributed by atoms with Gasteiger partial charge in [-0.25, -0.2) is 8.42 Å². The zero-order valence-electron chi connectivity index (χ0n) is 20.7. The van der Waals surface area contributed by atoms with E-state index in [4.69, 9.17) is 21.1 Å². The van der Waals surface area contributed by atoms with Gasteiger partial charge in [0.1, 0.15) is 5.75 Å². The molecule has 0 aromatic heterocycles. The van der Waals surface area contributed by atoms with Crippen molar-refractivity contribution in [2.24, 2.45) is 0 Å². The Kier molecular flexibility index (Phi) is 9.00. The van der Waals surface area contributed by atoms with Gasteiger partial charge < -0.3 is 9.47 Å². The van der Waals surface area contributed by atoms with E-state index in [2.05, 4.69) is 4.90 Å². The maximum Gasteiger partial charge on any atom is 0.416 e. The first-order chi connectivity index (χ1) is 18.1. The molecule has 0 radical (unpaired) electrons. The molecule has 1 fully saturated rings. The van der Waals surface area contributed by atoms with Gasteiger partial charge in [-0.05, 0) is 53.6 Å². The molecule has 1 atom stereocenters. The highest BCUT2D eigenvalue weighted by Gasteiger charge is 2.34. The topological polar surface area (TPSA) is 59.1 Å². The molecular formula is C27H28ClF3N2O4S. The zero-order chi connectivity index (χ0) is 27.3. The SMILES string of the molecule is COc1cccc([C@@H](CN2CCN(S(=O)(=O)c3cccc(C(F)(F)F)c3)CC2)OCc2cccc(Cl)c2)c1. The fourth-order valence-electron chi connectivity index (χ4n) is 4.29. The van der Waals surface area contributed by atoms with E-state index in [0.717, 1.165) is 23.3 Å². The summed E-state index contributed by atoms with van der Waals surface area (Å²) in [4.78, 5) is 1.72. The Morgan fingerprint density at radius 3 is 2.34 bits per heavy atom. The minimum absolute atomic E-state index is 0.150. The number of rotatable bonds is 9.